The number of rotatable bonds is 3. The standard InChI is InChI=1S/C19H13NO2/c1-2-14-7-6-10-16(13-14)20-19(21)18-17(11-12-22-18)15-8-4-3-5-9-15/h1,3-13H,(H,20,21). The Morgan fingerprint density at radius 2 is 1.86 bits per heavy atom. The second kappa shape index (κ2) is 6.02. The fourth-order valence-electron chi connectivity index (χ4n) is 2.20. The number of hydrogen-bond acceptors (Lipinski definition) is 2. The average molecular weight is 287 g/mol. The van der Waals surface area contributed by atoms with Crippen molar-refractivity contribution in [2.45, 2.75) is 0 Å². The van der Waals surface area contributed by atoms with E-state index in [1.54, 1.807) is 30.3 Å². The fraction of sp³-hybridized carbons (Fsp3) is 0. The van der Waals surface area contributed by atoms with Crippen LogP contribution in [0, 0.1) is 12.3 Å². The zero-order valence-corrected chi connectivity index (χ0v) is 11.7. The van der Waals surface area contributed by atoms with E-state index in [1.807, 2.05) is 30.3 Å². The summed E-state index contributed by atoms with van der Waals surface area (Å²) in [5.41, 5.74) is 3.03. The van der Waals surface area contributed by atoms with Crippen LogP contribution in [0.2, 0.25) is 0 Å². The number of anilines is 1. The van der Waals surface area contributed by atoms with E-state index in [0.717, 1.165) is 11.1 Å². The van der Waals surface area contributed by atoms with Gasteiger partial charge in [-0.15, -0.1) is 6.42 Å². The van der Waals surface area contributed by atoms with Crippen LogP contribution in [0.15, 0.2) is 71.3 Å². The van der Waals surface area contributed by atoms with E-state index in [9.17, 15) is 4.79 Å². The summed E-state index contributed by atoms with van der Waals surface area (Å²) in [6.45, 7) is 0. The molecule has 0 aliphatic rings. The molecule has 0 unspecified atom stereocenters. The van der Waals surface area contributed by atoms with Crippen molar-refractivity contribution in [2.75, 3.05) is 5.32 Å². The number of carbonyl (C=O) groups excluding carboxylic acids is 1. The van der Waals surface area contributed by atoms with Crippen LogP contribution in [0.25, 0.3) is 11.1 Å². The fourth-order valence-corrected chi connectivity index (χ4v) is 2.20. The summed E-state index contributed by atoms with van der Waals surface area (Å²) in [6, 6.07) is 18.5. The predicted molar refractivity (Wildman–Crippen MR) is 86.5 cm³/mol. The molecular formula is C19H13NO2. The summed E-state index contributed by atoms with van der Waals surface area (Å²) in [5, 5.41) is 2.80. The molecule has 0 aliphatic carbocycles. The van der Waals surface area contributed by atoms with E-state index in [4.69, 9.17) is 10.8 Å². The van der Waals surface area contributed by atoms with Gasteiger partial charge in [-0.25, -0.2) is 0 Å². The molecule has 2 aromatic carbocycles. The van der Waals surface area contributed by atoms with E-state index in [2.05, 4.69) is 11.2 Å². The van der Waals surface area contributed by atoms with Gasteiger partial charge >= 0.3 is 0 Å². The third-order valence-electron chi connectivity index (χ3n) is 3.24. The quantitative estimate of drug-likeness (QED) is 0.734. The molecule has 22 heavy (non-hydrogen) atoms. The third kappa shape index (κ3) is 2.77. The molecule has 0 fully saturated rings. The molecule has 3 aromatic rings. The molecule has 0 bridgehead atoms. The van der Waals surface area contributed by atoms with E-state index in [-0.39, 0.29) is 11.7 Å². The van der Waals surface area contributed by atoms with Crippen LogP contribution >= 0.6 is 0 Å². The zero-order valence-electron chi connectivity index (χ0n) is 11.7. The van der Waals surface area contributed by atoms with Gasteiger partial charge in [-0.3, -0.25) is 4.79 Å². The summed E-state index contributed by atoms with van der Waals surface area (Å²) in [6.07, 6.45) is 6.87. The number of amides is 1. The second-order valence-electron chi connectivity index (χ2n) is 4.71. The number of benzene rings is 2. The first-order valence-electron chi connectivity index (χ1n) is 6.79. The van der Waals surface area contributed by atoms with Crippen LogP contribution in [0.3, 0.4) is 0 Å². The van der Waals surface area contributed by atoms with Gasteiger partial charge in [0.2, 0.25) is 0 Å². The van der Waals surface area contributed by atoms with Gasteiger partial charge in [0.05, 0.1) is 6.26 Å². The molecule has 3 heteroatoms. The van der Waals surface area contributed by atoms with Gasteiger partial charge in [0.1, 0.15) is 0 Å². The lowest BCUT2D eigenvalue weighted by Gasteiger charge is -2.06. The maximum atomic E-state index is 12.4. The first-order valence-corrected chi connectivity index (χ1v) is 6.79. The SMILES string of the molecule is C#Cc1cccc(NC(=O)c2occc2-c2ccccc2)c1. The van der Waals surface area contributed by atoms with Crippen LogP contribution in [0.5, 0.6) is 0 Å². The number of nitrogens with one attached hydrogen (secondary N) is 1. The van der Waals surface area contributed by atoms with Crippen molar-refractivity contribution < 1.29 is 9.21 Å². The summed E-state index contributed by atoms with van der Waals surface area (Å²) >= 11 is 0. The normalized spacial score (nSPS) is 9.95. The Morgan fingerprint density at radius 1 is 1.05 bits per heavy atom. The Hall–Kier alpha value is -3.25. The molecule has 0 spiro atoms. The highest BCUT2D eigenvalue weighted by atomic mass is 16.3. The van der Waals surface area contributed by atoms with Crippen molar-refractivity contribution in [1.29, 1.82) is 0 Å². The number of terminal acetylenes is 1. The molecule has 0 saturated carbocycles. The van der Waals surface area contributed by atoms with E-state index >= 15 is 0 Å². The summed E-state index contributed by atoms with van der Waals surface area (Å²) < 4.78 is 5.36. The Bertz CT molecular complexity index is 841. The minimum absolute atomic E-state index is 0.275. The average Bonchev–Trinajstić information content (AvgIpc) is 3.05. The molecular weight excluding hydrogens is 274 g/mol. The number of carbonyl (C=O) groups is 1. The first kappa shape index (κ1) is 13.7. The molecule has 1 amide bonds. The van der Waals surface area contributed by atoms with E-state index in [0.29, 0.717) is 11.3 Å². The number of furan rings is 1. The topological polar surface area (TPSA) is 42.2 Å². The molecule has 106 valence electrons. The predicted octanol–water partition coefficient (Wildman–Crippen LogP) is 4.18. The lowest BCUT2D eigenvalue weighted by Crippen LogP contribution is -2.12. The Kier molecular flexibility index (Phi) is 3.76. The first-order chi connectivity index (χ1) is 10.8. The maximum Gasteiger partial charge on any atom is 0.292 e. The van der Waals surface area contributed by atoms with E-state index in [1.165, 1.54) is 6.26 Å². The molecule has 1 heterocycles. The van der Waals surface area contributed by atoms with Gasteiger partial charge in [0.15, 0.2) is 5.76 Å². The Morgan fingerprint density at radius 3 is 2.64 bits per heavy atom. The lowest BCUT2D eigenvalue weighted by molar-refractivity contribution is 0.0997. The monoisotopic (exact) mass is 287 g/mol. The molecule has 3 rings (SSSR count). The molecule has 1 aromatic heterocycles. The van der Waals surface area contributed by atoms with E-state index < -0.39 is 0 Å². The van der Waals surface area contributed by atoms with Crippen molar-refractivity contribution in [1.82, 2.24) is 0 Å². The smallest absolute Gasteiger partial charge is 0.292 e. The highest BCUT2D eigenvalue weighted by molar-refractivity contribution is 6.06. The number of hydrogen-bond donors (Lipinski definition) is 1. The molecule has 0 aliphatic heterocycles. The van der Waals surface area contributed by atoms with Crippen molar-refractivity contribution in [2.24, 2.45) is 0 Å². The van der Waals surface area contributed by atoms with Crippen LogP contribution in [-0.4, -0.2) is 5.91 Å². The Labute approximate surface area is 128 Å². The minimum Gasteiger partial charge on any atom is -0.459 e. The summed E-state index contributed by atoms with van der Waals surface area (Å²) in [5.74, 6) is 2.51. The largest absolute Gasteiger partial charge is 0.459 e. The Balaban J connectivity index is 1.88. The van der Waals surface area contributed by atoms with Gasteiger partial charge < -0.3 is 9.73 Å². The molecule has 0 atom stereocenters. The highest BCUT2D eigenvalue weighted by Crippen LogP contribution is 2.25. The van der Waals surface area contributed by atoms with Crippen molar-refractivity contribution in [3.8, 4) is 23.5 Å². The molecule has 0 saturated heterocycles. The van der Waals surface area contributed by atoms with Gasteiger partial charge in [0, 0.05) is 16.8 Å². The lowest BCUT2D eigenvalue weighted by atomic mass is 10.1. The summed E-state index contributed by atoms with van der Waals surface area (Å²) in [4.78, 5) is 12.4. The summed E-state index contributed by atoms with van der Waals surface area (Å²) in [7, 11) is 0. The van der Waals surface area contributed by atoms with Gasteiger partial charge in [-0.1, -0.05) is 42.3 Å². The maximum absolute atomic E-state index is 12.4. The van der Waals surface area contributed by atoms with Gasteiger partial charge in [-0.05, 0) is 29.8 Å². The van der Waals surface area contributed by atoms with Crippen LogP contribution < -0.4 is 5.32 Å². The van der Waals surface area contributed by atoms with Gasteiger partial charge in [-0.2, -0.15) is 0 Å². The van der Waals surface area contributed by atoms with Crippen molar-refractivity contribution in [3.63, 3.8) is 0 Å². The highest BCUT2D eigenvalue weighted by Gasteiger charge is 2.16. The van der Waals surface area contributed by atoms with Crippen LogP contribution in [0.4, 0.5) is 5.69 Å². The zero-order chi connectivity index (χ0) is 15.4. The van der Waals surface area contributed by atoms with Gasteiger partial charge in [0.25, 0.3) is 5.91 Å². The van der Waals surface area contributed by atoms with Crippen molar-refractivity contribution in [3.05, 3.63) is 78.3 Å². The molecule has 0 radical (unpaired) electrons. The molecule has 3 nitrogen and oxygen atoms in total. The molecule has 1 N–H and O–H groups in total. The van der Waals surface area contributed by atoms with Crippen LogP contribution in [0.1, 0.15) is 16.1 Å². The minimum atomic E-state index is -0.307. The van der Waals surface area contributed by atoms with Crippen molar-refractivity contribution >= 4 is 11.6 Å². The van der Waals surface area contributed by atoms with Crippen LogP contribution in [-0.2, 0) is 0 Å². The second-order valence-corrected chi connectivity index (χ2v) is 4.71. The third-order valence-corrected chi connectivity index (χ3v) is 3.24.